The molecule has 0 heterocycles. The molecule has 21 heavy (non-hydrogen) atoms. The lowest BCUT2D eigenvalue weighted by molar-refractivity contribution is -0.144. The zero-order valence-corrected chi connectivity index (χ0v) is 12.1. The van der Waals surface area contributed by atoms with Crippen LogP contribution in [0.25, 0.3) is 0 Å². The number of methoxy groups -OCH3 is 1. The quantitative estimate of drug-likeness (QED) is 0.856. The average molecular weight is 281 g/mol. The summed E-state index contributed by atoms with van der Waals surface area (Å²) in [6.45, 7) is 0. The average Bonchev–Trinajstić information content (AvgIpc) is 3.34. The molecule has 0 unspecified atom stereocenters. The molecule has 0 bridgehead atoms. The summed E-state index contributed by atoms with van der Waals surface area (Å²) in [6, 6.07) is 20.4. The molecule has 3 heteroatoms. The molecule has 0 radical (unpaired) electrons. The van der Waals surface area contributed by atoms with Gasteiger partial charge < -0.3 is 4.74 Å². The van der Waals surface area contributed by atoms with Crippen LogP contribution in [-0.4, -0.2) is 18.6 Å². The highest BCUT2D eigenvalue weighted by Crippen LogP contribution is 2.40. The van der Waals surface area contributed by atoms with E-state index >= 15 is 0 Å². The van der Waals surface area contributed by atoms with Gasteiger partial charge in [0.2, 0.25) is 0 Å². The Bertz CT molecular complexity index is 566. The number of rotatable bonds is 5. The van der Waals surface area contributed by atoms with Gasteiger partial charge in [-0.3, -0.25) is 10.1 Å². The SMILES string of the molecule is COC(=O)C1(NC(c2ccccc2)c2ccccc2)CC1. The summed E-state index contributed by atoms with van der Waals surface area (Å²) in [7, 11) is 1.45. The first-order valence-corrected chi connectivity index (χ1v) is 7.21. The number of carbonyl (C=O) groups is 1. The van der Waals surface area contributed by atoms with Crippen LogP contribution in [0.2, 0.25) is 0 Å². The fraction of sp³-hybridized carbons (Fsp3) is 0.278. The highest BCUT2D eigenvalue weighted by molar-refractivity contribution is 5.84. The van der Waals surface area contributed by atoms with Crippen molar-refractivity contribution < 1.29 is 9.53 Å². The molecule has 1 aliphatic rings. The number of hydrogen-bond donors (Lipinski definition) is 1. The first kappa shape index (κ1) is 13.8. The lowest BCUT2D eigenvalue weighted by Crippen LogP contribution is -2.42. The van der Waals surface area contributed by atoms with Gasteiger partial charge >= 0.3 is 5.97 Å². The van der Waals surface area contributed by atoms with Crippen LogP contribution in [0.3, 0.4) is 0 Å². The van der Waals surface area contributed by atoms with E-state index in [-0.39, 0.29) is 12.0 Å². The Labute approximate surface area is 124 Å². The van der Waals surface area contributed by atoms with Crippen LogP contribution in [0, 0.1) is 0 Å². The van der Waals surface area contributed by atoms with E-state index in [0.29, 0.717) is 0 Å². The summed E-state index contributed by atoms with van der Waals surface area (Å²) < 4.78 is 4.95. The molecule has 1 N–H and O–H groups in total. The second-order valence-corrected chi connectivity index (χ2v) is 5.47. The van der Waals surface area contributed by atoms with Gasteiger partial charge in [0.15, 0.2) is 0 Å². The van der Waals surface area contributed by atoms with Crippen LogP contribution in [0.15, 0.2) is 60.7 Å². The molecule has 1 aliphatic carbocycles. The van der Waals surface area contributed by atoms with Gasteiger partial charge in [0, 0.05) is 0 Å². The molecule has 0 saturated heterocycles. The van der Waals surface area contributed by atoms with Crippen LogP contribution in [0.4, 0.5) is 0 Å². The minimum Gasteiger partial charge on any atom is -0.468 e. The van der Waals surface area contributed by atoms with Crippen molar-refractivity contribution in [1.29, 1.82) is 0 Å². The van der Waals surface area contributed by atoms with E-state index in [0.717, 1.165) is 24.0 Å². The van der Waals surface area contributed by atoms with E-state index in [1.165, 1.54) is 7.11 Å². The number of nitrogens with one attached hydrogen (secondary N) is 1. The summed E-state index contributed by atoms with van der Waals surface area (Å²) in [4.78, 5) is 12.0. The Balaban J connectivity index is 1.93. The first-order chi connectivity index (χ1) is 10.2. The summed E-state index contributed by atoms with van der Waals surface area (Å²) in [6.07, 6.45) is 1.66. The van der Waals surface area contributed by atoms with E-state index in [1.807, 2.05) is 36.4 Å². The molecule has 0 atom stereocenters. The largest absolute Gasteiger partial charge is 0.468 e. The van der Waals surface area contributed by atoms with Gasteiger partial charge in [0.25, 0.3) is 0 Å². The summed E-state index contributed by atoms with van der Waals surface area (Å²) in [5.74, 6) is -0.167. The first-order valence-electron chi connectivity index (χ1n) is 7.21. The lowest BCUT2D eigenvalue weighted by Gasteiger charge is -2.25. The van der Waals surface area contributed by atoms with E-state index < -0.39 is 5.54 Å². The van der Waals surface area contributed by atoms with Gasteiger partial charge in [-0.25, -0.2) is 0 Å². The van der Waals surface area contributed by atoms with Crippen molar-refractivity contribution in [3.63, 3.8) is 0 Å². The Morgan fingerprint density at radius 1 is 1.00 bits per heavy atom. The van der Waals surface area contributed by atoms with Crippen LogP contribution in [0.5, 0.6) is 0 Å². The maximum Gasteiger partial charge on any atom is 0.326 e. The molecule has 108 valence electrons. The van der Waals surface area contributed by atoms with E-state index in [9.17, 15) is 4.79 Å². The Hall–Kier alpha value is -2.13. The molecule has 0 amide bonds. The molecule has 0 spiro atoms. The number of ether oxygens (including phenoxy) is 1. The van der Waals surface area contributed by atoms with Gasteiger partial charge in [-0.15, -0.1) is 0 Å². The molecule has 0 aromatic heterocycles. The molecule has 1 fully saturated rings. The van der Waals surface area contributed by atoms with Crippen molar-refractivity contribution in [2.45, 2.75) is 24.4 Å². The highest BCUT2D eigenvalue weighted by Gasteiger charge is 2.52. The van der Waals surface area contributed by atoms with Gasteiger partial charge in [-0.05, 0) is 24.0 Å². The Kier molecular flexibility index (Phi) is 3.76. The molecule has 2 aromatic carbocycles. The van der Waals surface area contributed by atoms with Crippen LogP contribution >= 0.6 is 0 Å². The molecule has 1 saturated carbocycles. The minimum absolute atomic E-state index is 0.00556. The maximum atomic E-state index is 12.0. The molecular formula is C18H19NO2. The molecule has 2 aromatic rings. The van der Waals surface area contributed by atoms with Gasteiger partial charge in [0.1, 0.15) is 5.54 Å². The van der Waals surface area contributed by atoms with Crippen LogP contribution in [0.1, 0.15) is 30.0 Å². The fourth-order valence-corrected chi connectivity index (χ4v) is 2.65. The molecule has 3 rings (SSSR count). The predicted molar refractivity (Wildman–Crippen MR) is 81.8 cm³/mol. The van der Waals surface area contributed by atoms with Crippen molar-refractivity contribution in [2.24, 2.45) is 0 Å². The Morgan fingerprint density at radius 2 is 1.48 bits per heavy atom. The number of benzene rings is 2. The van der Waals surface area contributed by atoms with Crippen molar-refractivity contribution in [1.82, 2.24) is 5.32 Å². The van der Waals surface area contributed by atoms with Gasteiger partial charge in [0.05, 0.1) is 13.2 Å². The predicted octanol–water partition coefficient (Wildman–Crippen LogP) is 3.07. The van der Waals surface area contributed by atoms with E-state index in [1.54, 1.807) is 0 Å². The minimum atomic E-state index is -0.523. The van der Waals surface area contributed by atoms with Crippen molar-refractivity contribution in [3.05, 3.63) is 71.8 Å². The molecular weight excluding hydrogens is 262 g/mol. The number of esters is 1. The Morgan fingerprint density at radius 3 is 1.86 bits per heavy atom. The van der Waals surface area contributed by atoms with Crippen LogP contribution in [-0.2, 0) is 9.53 Å². The standard InChI is InChI=1S/C18H19NO2/c1-21-17(20)18(12-13-18)19-16(14-8-4-2-5-9-14)15-10-6-3-7-11-15/h2-11,16,19H,12-13H2,1H3. The van der Waals surface area contributed by atoms with Gasteiger partial charge in [-0.2, -0.15) is 0 Å². The van der Waals surface area contributed by atoms with Crippen molar-refractivity contribution >= 4 is 5.97 Å². The summed E-state index contributed by atoms with van der Waals surface area (Å²) >= 11 is 0. The van der Waals surface area contributed by atoms with Crippen molar-refractivity contribution in [2.75, 3.05) is 7.11 Å². The summed E-state index contributed by atoms with van der Waals surface area (Å²) in [5, 5.41) is 3.51. The maximum absolute atomic E-state index is 12.0. The third-order valence-corrected chi connectivity index (χ3v) is 4.01. The molecule has 0 aliphatic heterocycles. The monoisotopic (exact) mass is 281 g/mol. The second-order valence-electron chi connectivity index (χ2n) is 5.47. The van der Waals surface area contributed by atoms with Gasteiger partial charge in [-0.1, -0.05) is 60.7 Å². The topological polar surface area (TPSA) is 38.3 Å². The smallest absolute Gasteiger partial charge is 0.326 e. The van der Waals surface area contributed by atoms with E-state index in [4.69, 9.17) is 4.74 Å². The summed E-state index contributed by atoms with van der Waals surface area (Å²) in [5.41, 5.74) is 1.78. The number of hydrogen-bond acceptors (Lipinski definition) is 3. The second kappa shape index (κ2) is 5.70. The van der Waals surface area contributed by atoms with Crippen LogP contribution < -0.4 is 5.32 Å². The zero-order valence-electron chi connectivity index (χ0n) is 12.1. The third-order valence-electron chi connectivity index (χ3n) is 4.01. The lowest BCUT2D eigenvalue weighted by atomic mass is 9.97. The van der Waals surface area contributed by atoms with E-state index in [2.05, 4.69) is 29.6 Å². The molecule has 3 nitrogen and oxygen atoms in total. The zero-order chi connectivity index (χ0) is 14.7. The number of carbonyl (C=O) groups excluding carboxylic acids is 1. The fourth-order valence-electron chi connectivity index (χ4n) is 2.65. The highest BCUT2D eigenvalue weighted by atomic mass is 16.5. The normalized spacial score (nSPS) is 15.7. The van der Waals surface area contributed by atoms with Crippen molar-refractivity contribution in [3.8, 4) is 0 Å². The third kappa shape index (κ3) is 2.83.